The fourth-order valence-corrected chi connectivity index (χ4v) is 4.54. The van der Waals surface area contributed by atoms with Crippen LogP contribution in [0.3, 0.4) is 0 Å². The Kier molecular flexibility index (Phi) is 5.27. The Hall–Kier alpha value is -2.52. The Morgan fingerprint density at radius 2 is 1.86 bits per heavy atom. The molecule has 4 rings (SSSR count). The summed E-state index contributed by atoms with van der Waals surface area (Å²) in [5.41, 5.74) is 0.540. The number of furan rings is 1. The molecule has 0 bridgehead atoms. The summed E-state index contributed by atoms with van der Waals surface area (Å²) in [6, 6.07) is 6.27. The molecule has 0 unspecified atom stereocenters. The van der Waals surface area contributed by atoms with E-state index < -0.39 is 10.0 Å². The van der Waals surface area contributed by atoms with Crippen LogP contribution in [0.15, 0.2) is 46.1 Å². The van der Waals surface area contributed by atoms with Gasteiger partial charge in [-0.2, -0.15) is 0 Å². The second kappa shape index (κ2) is 7.84. The smallest absolute Gasteiger partial charge is 0.257 e. The number of hydrogen-bond acceptors (Lipinski definition) is 6. The molecule has 2 aromatic rings. The zero-order valence-electron chi connectivity index (χ0n) is 15.3. The second-order valence-electron chi connectivity index (χ2n) is 6.90. The van der Waals surface area contributed by atoms with Crippen LogP contribution in [0.25, 0.3) is 0 Å². The number of nitrogens with one attached hydrogen (secondary N) is 1. The first-order valence-electron chi connectivity index (χ1n) is 9.24. The fourth-order valence-electron chi connectivity index (χ4n) is 3.41. The summed E-state index contributed by atoms with van der Waals surface area (Å²) in [6.45, 7) is 2.39. The van der Waals surface area contributed by atoms with E-state index in [0.29, 0.717) is 49.9 Å². The van der Waals surface area contributed by atoms with Gasteiger partial charge >= 0.3 is 0 Å². The van der Waals surface area contributed by atoms with Crippen LogP contribution in [0.2, 0.25) is 0 Å². The molecule has 0 aliphatic carbocycles. The lowest BCUT2D eigenvalue weighted by Crippen LogP contribution is -2.41. The van der Waals surface area contributed by atoms with Crippen molar-refractivity contribution in [1.82, 2.24) is 9.62 Å². The summed E-state index contributed by atoms with van der Waals surface area (Å²) >= 11 is 0. The van der Waals surface area contributed by atoms with Crippen molar-refractivity contribution < 1.29 is 27.1 Å². The van der Waals surface area contributed by atoms with Crippen molar-refractivity contribution in [3.63, 3.8) is 0 Å². The molecule has 0 atom stereocenters. The summed E-state index contributed by atoms with van der Waals surface area (Å²) < 4.78 is 43.7. The Morgan fingerprint density at radius 1 is 1.11 bits per heavy atom. The van der Waals surface area contributed by atoms with E-state index in [1.165, 1.54) is 24.7 Å². The molecule has 1 amide bonds. The molecule has 9 heteroatoms. The minimum absolute atomic E-state index is 0.0518. The van der Waals surface area contributed by atoms with E-state index in [9.17, 15) is 13.2 Å². The van der Waals surface area contributed by atoms with Crippen molar-refractivity contribution >= 4 is 15.9 Å². The van der Waals surface area contributed by atoms with E-state index in [1.807, 2.05) is 0 Å². The molecule has 1 aromatic heterocycles. The number of amides is 1. The van der Waals surface area contributed by atoms with Crippen LogP contribution in [0.4, 0.5) is 0 Å². The largest absolute Gasteiger partial charge is 0.486 e. The van der Waals surface area contributed by atoms with Gasteiger partial charge in [0.1, 0.15) is 19.5 Å². The Balaban J connectivity index is 1.32. The second-order valence-corrected chi connectivity index (χ2v) is 8.67. The molecular weight excluding hydrogens is 384 g/mol. The van der Waals surface area contributed by atoms with Crippen molar-refractivity contribution in [3.05, 3.63) is 42.4 Å². The molecule has 2 aliphatic heterocycles. The lowest BCUT2D eigenvalue weighted by molar-refractivity contribution is 0.0691. The average molecular weight is 406 g/mol. The number of carbonyl (C=O) groups is 1. The Bertz CT molecular complexity index is 933. The zero-order valence-corrected chi connectivity index (χ0v) is 16.1. The standard InChI is InChI=1S/C19H22N2O6S/c22-19(15-5-8-25-13-15)21-6-3-14(4-7-21)12-20-28(23,24)16-1-2-17-18(11-16)27-10-9-26-17/h1-2,5,8,11,13-14,20H,3-4,6-7,9-10,12H2. The van der Waals surface area contributed by atoms with Crippen molar-refractivity contribution in [2.45, 2.75) is 17.7 Å². The maximum absolute atomic E-state index is 12.6. The number of carbonyl (C=O) groups excluding carboxylic acids is 1. The number of sulfonamides is 1. The van der Waals surface area contributed by atoms with Crippen molar-refractivity contribution in [1.29, 1.82) is 0 Å². The molecular formula is C19H22N2O6S. The van der Waals surface area contributed by atoms with E-state index in [0.717, 1.165) is 12.8 Å². The quantitative estimate of drug-likeness (QED) is 0.814. The molecule has 1 saturated heterocycles. The summed E-state index contributed by atoms with van der Waals surface area (Å²) in [7, 11) is -3.64. The number of rotatable bonds is 5. The van der Waals surface area contributed by atoms with Gasteiger partial charge in [0.15, 0.2) is 11.5 Å². The Labute approximate surface area is 163 Å². The number of likely N-dealkylation sites (tertiary alicyclic amines) is 1. The third-order valence-corrected chi connectivity index (χ3v) is 6.48. The molecule has 0 radical (unpaired) electrons. The Morgan fingerprint density at radius 3 is 2.57 bits per heavy atom. The fraction of sp³-hybridized carbons (Fsp3) is 0.421. The van der Waals surface area contributed by atoms with E-state index in [2.05, 4.69) is 4.72 Å². The number of ether oxygens (including phenoxy) is 2. The van der Waals surface area contributed by atoms with Gasteiger partial charge in [0.25, 0.3) is 5.91 Å². The highest BCUT2D eigenvalue weighted by Gasteiger charge is 2.26. The minimum atomic E-state index is -3.64. The van der Waals surface area contributed by atoms with Crippen LogP contribution >= 0.6 is 0 Å². The van der Waals surface area contributed by atoms with Gasteiger partial charge in [0.2, 0.25) is 10.0 Å². The van der Waals surface area contributed by atoms with Crippen LogP contribution in [0.5, 0.6) is 11.5 Å². The maximum atomic E-state index is 12.6. The molecule has 0 saturated carbocycles. The summed E-state index contributed by atoms with van der Waals surface area (Å²) in [5.74, 6) is 1.13. The molecule has 28 heavy (non-hydrogen) atoms. The van der Waals surface area contributed by atoms with Gasteiger partial charge in [0, 0.05) is 25.7 Å². The highest BCUT2D eigenvalue weighted by Crippen LogP contribution is 2.32. The molecule has 1 fully saturated rings. The lowest BCUT2D eigenvalue weighted by Gasteiger charge is -2.31. The summed E-state index contributed by atoms with van der Waals surface area (Å²) in [5, 5.41) is 0. The number of nitrogens with zero attached hydrogens (tertiary/aromatic N) is 1. The van der Waals surface area contributed by atoms with Gasteiger partial charge in [-0.3, -0.25) is 4.79 Å². The molecule has 0 spiro atoms. The van der Waals surface area contributed by atoms with Gasteiger partial charge in [-0.25, -0.2) is 13.1 Å². The molecule has 2 aliphatic rings. The molecule has 1 N–H and O–H groups in total. The first-order chi connectivity index (χ1) is 13.5. The van der Waals surface area contributed by atoms with Crippen molar-refractivity contribution in [2.75, 3.05) is 32.8 Å². The van der Waals surface area contributed by atoms with E-state index in [-0.39, 0.29) is 16.7 Å². The van der Waals surface area contributed by atoms with Gasteiger partial charge in [-0.05, 0) is 37.0 Å². The van der Waals surface area contributed by atoms with Crippen molar-refractivity contribution in [2.24, 2.45) is 5.92 Å². The monoisotopic (exact) mass is 406 g/mol. The first-order valence-corrected chi connectivity index (χ1v) is 10.7. The van der Waals surface area contributed by atoms with Gasteiger partial charge in [-0.15, -0.1) is 0 Å². The van der Waals surface area contributed by atoms with Crippen LogP contribution < -0.4 is 14.2 Å². The number of piperidine rings is 1. The van der Waals surface area contributed by atoms with Crippen molar-refractivity contribution in [3.8, 4) is 11.5 Å². The van der Waals surface area contributed by atoms with Crippen LogP contribution in [-0.4, -0.2) is 52.1 Å². The van der Waals surface area contributed by atoms with Gasteiger partial charge < -0.3 is 18.8 Å². The highest BCUT2D eigenvalue weighted by atomic mass is 32.2. The molecule has 3 heterocycles. The first kappa shape index (κ1) is 18.8. The molecule has 8 nitrogen and oxygen atoms in total. The average Bonchev–Trinajstić information content (AvgIpc) is 3.27. The highest BCUT2D eigenvalue weighted by molar-refractivity contribution is 7.89. The van der Waals surface area contributed by atoms with Crippen LogP contribution in [0, 0.1) is 5.92 Å². The van der Waals surface area contributed by atoms with Crippen LogP contribution in [-0.2, 0) is 10.0 Å². The molecule has 1 aromatic carbocycles. The SMILES string of the molecule is O=C(c1ccoc1)N1CCC(CNS(=O)(=O)c2ccc3c(c2)OCCO3)CC1. The predicted molar refractivity (Wildman–Crippen MR) is 100.0 cm³/mol. The third kappa shape index (κ3) is 4.00. The topological polar surface area (TPSA) is 98.1 Å². The van der Waals surface area contributed by atoms with E-state index in [1.54, 1.807) is 17.0 Å². The third-order valence-electron chi connectivity index (χ3n) is 5.06. The van der Waals surface area contributed by atoms with Gasteiger partial charge in [-0.1, -0.05) is 0 Å². The minimum Gasteiger partial charge on any atom is -0.486 e. The predicted octanol–water partition coefficient (Wildman–Crippen LogP) is 1.88. The number of hydrogen-bond donors (Lipinski definition) is 1. The van der Waals surface area contributed by atoms with Crippen LogP contribution in [0.1, 0.15) is 23.2 Å². The lowest BCUT2D eigenvalue weighted by atomic mass is 9.97. The number of fused-ring (bicyclic) bond motifs is 1. The van der Waals surface area contributed by atoms with Gasteiger partial charge in [0.05, 0.1) is 16.7 Å². The maximum Gasteiger partial charge on any atom is 0.257 e. The normalized spacial score (nSPS) is 17.5. The van der Waals surface area contributed by atoms with E-state index in [4.69, 9.17) is 13.9 Å². The number of benzene rings is 1. The van der Waals surface area contributed by atoms with E-state index >= 15 is 0 Å². The molecule has 150 valence electrons. The zero-order chi connectivity index (χ0) is 19.6. The summed E-state index contributed by atoms with van der Waals surface area (Å²) in [4.78, 5) is 14.3. The summed E-state index contributed by atoms with van der Waals surface area (Å²) in [6.07, 6.45) is 4.41.